The maximum absolute atomic E-state index is 5.49. The van der Waals surface area contributed by atoms with Crippen LogP contribution < -0.4 is 0 Å². The van der Waals surface area contributed by atoms with Crippen LogP contribution in [0.25, 0.3) is 0 Å². The Morgan fingerprint density at radius 3 is 1.14 bits per heavy atom. The summed E-state index contributed by atoms with van der Waals surface area (Å²) in [5, 5.41) is 0. The van der Waals surface area contributed by atoms with Crippen LogP contribution >= 0.6 is 0 Å². The van der Waals surface area contributed by atoms with Gasteiger partial charge in [0.2, 0.25) is 0 Å². The topological polar surface area (TPSA) is 18.5 Å². The van der Waals surface area contributed by atoms with Gasteiger partial charge in [-0.15, -0.1) is 0 Å². The molecule has 0 radical (unpaired) electrons. The summed E-state index contributed by atoms with van der Waals surface area (Å²) >= 11 is 0. The maximum Gasteiger partial charge on any atom is 0.0700 e. The molecule has 0 N–H and O–H groups in total. The Kier molecular flexibility index (Phi) is 5.68. The Morgan fingerprint density at radius 2 is 0.929 bits per heavy atom. The van der Waals surface area contributed by atoms with Crippen LogP contribution in [0.3, 0.4) is 0 Å². The summed E-state index contributed by atoms with van der Waals surface area (Å²) in [5.74, 6) is 0. The van der Waals surface area contributed by atoms with Crippen LogP contribution in [-0.2, 0) is 9.47 Å². The Morgan fingerprint density at radius 1 is 0.643 bits per heavy atom. The lowest BCUT2D eigenvalue weighted by atomic mass is 9.99. The average molecular weight is 202 g/mol. The Bertz CT molecular complexity index is 121. The summed E-state index contributed by atoms with van der Waals surface area (Å²) in [4.78, 5) is 0. The van der Waals surface area contributed by atoms with Crippen molar-refractivity contribution in [3.63, 3.8) is 0 Å². The fraction of sp³-hybridized carbons (Fsp3) is 1.00. The molecular formula is C12H26O2. The van der Waals surface area contributed by atoms with Gasteiger partial charge in [-0.25, -0.2) is 0 Å². The molecule has 0 aromatic carbocycles. The molecule has 0 fully saturated rings. The zero-order valence-corrected chi connectivity index (χ0v) is 10.6. The minimum Gasteiger partial charge on any atom is -0.379 e. The molecule has 0 aromatic heterocycles. The molecule has 2 heteroatoms. The van der Waals surface area contributed by atoms with E-state index >= 15 is 0 Å². The Balaban J connectivity index is 3.23. The molecule has 0 atom stereocenters. The predicted octanol–water partition coefficient (Wildman–Crippen LogP) is 3.11. The quantitative estimate of drug-likeness (QED) is 0.638. The number of hydrogen-bond acceptors (Lipinski definition) is 2. The van der Waals surface area contributed by atoms with Gasteiger partial charge in [0.05, 0.1) is 26.4 Å². The number of rotatable bonds is 5. The smallest absolute Gasteiger partial charge is 0.0700 e. The number of ether oxygens (including phenoxy) is 2. The van der Waals surface area contributed by atoms with E-state index in [0.29, 0.717) is 13.2 Å². The van der Waals surface area contributed by atoms with Crippen LogP contribution in [0.4, 0.5) is 0 Å². The fourth-order valence-corrected chi connectivity index (χ4v) is 0.875. The average Bonchev–Trinajstić information content (AvgIpc) is 1.92. The molecule has 2 nitrogen and oxygen atoms in total. The van der Waals surface area contributed by atoms with Gasteiger partial charge in [-0.1, -0.05) is 41.5 Å². The fourth-order valence-electron chi connectivity index (χ4n) is 0.875. The lowest BCUT2D eigenvalue weighted by Gasteiger charge is -2.20. The van der Waals surface area contributed by atoms with E-state index in [1.54, 1.807) is 0 Å². The molecule has 14 heavy (non-hydrogen) atoms. The molecule has 0 amide bonds. The summed E-state index contributed by atoms with van der Waals surface area (Å²) < 4.78 is 11.0. The third-order valence-corrected chi connectivity index (χ3v) is 1.44. The molecule has 0 saturated heterocycles. The standard InChI is InChI=1S/C12H26O2/c1-11(2,3)9-13-7-8-14-10-12(4,5)6/h7-10H2,1-6H3. The SMILES string of the molecule is CC(C)(C)COCCOCC(C)(C)C. The van der Waals surface area contributed by atoms with E-state index in [0.717, 1.165) is 13.2 Å². The van der Waals surface area contributed by atoms with Gasteiger partial charge in [0.15, 0.2) is 0 Å². The highest BCUT2D eigenvalue weighted by Crippen LogP contribution is 2.13. The number of hydrogen-bond donors (Lipinski definition) is 0. The zero-order chi connectivity index (χ0) is 11.2. The van der Waals surface area contributed by atoms with Gasteiger partial charge in [-0.2, -0.15) is 0 Å². The highest BCUT2D eigenvalue weighted by Gasteiger charge is 2.11. The van der Waals surface area contributed by atoms with Crippen molar-refractivity contribution in [2.75, 3.05) is 26.4 Å². The third-order valence-electron chi connectivity index (χ3n) is 1.44. The van der Waals surface area contributed by atoms with Crippen molar-refractivity contribution >= 4 is 0 Å². The molecule has 0 rings (SSSR count). The van der Waals surface area contributed by atoms with E-state index in [4.69, 9.17) is 9.47 Å². The van der Waals surface area contributed by atoms with E-state index in [1.165, 1.54) is 0 Å². The molecular weight excluding hydrogens is 176 g/mol. The van der Waals surface area contributed by atoms with Crippen molar-refractivity contribution in [3.05, 3.63) is 0 Å². The summed E-state index contributed by atoms with van der Waals surface area (Å²) in [5.41, 5.74) is 0.508. The first-order valence-corrected chi connectivity index (χ1v) is 5.36. The van der Waals surface area contributed by atoms with Gasteiger partial charge in [0, 0.05) is 0 Å². The van der Waals surface area contributed by atoms with Crippen molar-refractivity contribution in [2.24, 2.45) is 10.8 Å². The van der Waals surface area contributed by atoms with Crippen LogP contribution in [0, 0.1) is 10.8 Å². The summed E-state index contributed by atoms with van der Waals surface area (Å²) in [6.45, 7) is 16.0. The second-order valence-electron chi connectivity index (χ2n) is 6.23. The molecule has 0 aliphatic heterocycles. The first-order valence-electron chi connectivity index (χ1n) is 5.36. The second kappa shape index (κ2) is 5.72. The van der Waals surface area contributed by atoms with Gasteiger partial charge >= 0.3 is 0 Å². The summed E-state index contributed by atoms with van der Waals surface area (Å²) in [6, 6.07) is 0. The second-order valence-corrected chi connectivity index (χ2v) is 6.23. The van der Waals surface area contributed by atoms with Crippen molar-refractivity contribution in [2.45, 2.75) is 41.5 Å². The molecule has 0 aliphatic rings. The van der Waals surface area contributed by atoms with Crippen LogP contribution in [0.2, 0.25) is 0 Å². The van der Waals surface area contributed by atoms with E-state index in [1.807, 2.05) is 0 Å². The van der Waals surface area contributed by atoms with Crippen molar-refractivity contribution in [1.82, 2.24) is 0 Å². The largest absolute Gasteiger partial charge is 0.379 e. The van der Waals surface area contributed by atoms with Crippen LogP contribution in [0.1, 0.15) is 41.5 Å². The molecule has 0 aliphatic carbocycles. The van der Waals surface area contributed by atoms with Crippen LogP contribution in [0.15, 0.2) is 0 Å². The summed E-state index contributed by atoms with van der Waals surface area (Å²) in [6.07, 6.45) is 0. The molecule has 0 saturated carbocycles. The van der Waals surface area contributed by atoms with Gasteiger partial charge in [-0.05, 0) is 10.8 Å². The Hall–Kier alpha value is -0.0800. The molecule has 0 unspecified atom stereocenters. The van der Waals surface area contributed by atoms with Crippen LogP contribution in [0.5, 0.6) is 0 Å². The van der Waals surface area contributed by atoms with Crippen LogP contribution in [-0.4, -0.2) is 26.4 Å². The van der Waals surface area contributed by atoms with Crippen molar-refractivity contribution in [1.29, 1.82) is 0 Å². The van der Waals surface area contributed by atoms with Crippen molar-refractivity contribution in [3.8, 4) is 0 Å². The highest BCUT2D eigenvalue weighted by atomic mass is 16.5. The zero-order valence-electron chi connectivity index (χ0n) is 10.6. The molecule has 0 heterocycles. The van der Waals surface area contributed by atoms with Gasteiger partial charge in [0.1, 0.15) is 0 Å². The first-order chi connectivity index (χ1) is 6.21. The normalized spacial score (nSPS) is 13.3. The maximum atomic E-state index is 5.49. The van der Waals surface area contributed by atoms with E-state index < -0.39 is 0 Å². The highest BCUT2D eigenvalue weighted by molar-refractivity contribution is 4.60. The first kappa shape index (κ1) is 13.9. The van der Waals surface area contributed by atoms with Gasteiger partial charge < -0.3 is 9.47 Å². The predicted molar refractivity (Wildman–Crippen MR) is 60.5 cm³/mol. The lowest BCUT2D eigenvalue weighted by Crippen LogP contribution is -2.19. The Labute approximate surface area is 89.0 Å². The molecule has 0 bridgehead atoms. The minimum atomic E-state index is 0.254. The van der Waals surface area contributed by atoms with Gasteiger partial charge in [0.25, 0.3) is 0 Å². The minimum absolute atomic E-state index is 0.254. The van der Waals surface area contributed by atoms with E-state index in [-0.39, 0.29) is 10.8 Å². The third kappa shape index (κ3) is 11.9. The van der Waals surface area contributed by atoms with Gasteiger partial charge in [-0.3, -0.25) is 0 Å². The molecule has 0 aromatic rings. The summed E-state index contributed by atoms with van der Waals surface area (Å²) in [7, 11) is 0. The van der Waals surface area contributed by atoms with Crippen molar-refractivity contribution < 1.29 is 9.47 Å². The lowest BCUT2D eigenvalue weighted by molar-refractivity contribution is 0.000732. The monoisotopic (exact) mass is 202 g/mol. The molecule has 86 valence electrons. The van der Waals surface area contributed by atoms with E-state index in [9.17, 15) is 0 Å². The van der Waals surface area contributed by atoms with E-state index in [2.05, 4.69) is 41.5 Å². The molecule has 0 spiro atoms.